The zero-order valence-electron chi connectivity index (χ0n) is 8.64. The van der Waals surface area contributed by atoms with Crippen molar-refractivity contribution in [3.8, 4) is 5.75 Å². The Morgan fingerprint density at radius 1 is 1.43 bits per heavy atom. The van der Waals surface area contributed by atoms with Crippen molar-refractivity contribution >= 4 is 15.9 Å². The summed E-state index contributed by atoms with van der Waals surface area (Å²) in [6, 6.07) is 4.23. The molecule has 14 heavy (non-hydrogen) atoms. The minimum Gasteiger partial charge on any atom is -0.496 e. The summed E-state index contributed by atoms with van der Waals surface area (Å²) in [5, 5.41) is 0. The molecule has 0 saturated carbocycles. The van der Waals surface area contributed by atoms with E-state index in [9.17, 15) is 0 Å². The number of nitrogens with two attached hydrogens (primary N) is 1. The van der Waals surface area contributed by atoms with Gasteiger partial charge in [0, 0.05) is 0 Å². The second kappa shape index (κ2) is 5.37. The lowest BCUT2D eigenvalue weighted by molar-refractivity contribution is 0.411. The van der Waals surface area contributed by atoms with E-state index in [0.29, 0.717) is 0 Å². The molecule has 0 heterocycles. The highest BCUT2D eigenvalue weighted by Gasteiger charge is 2.05. The van der Waals surface area contributed by atoms with Crippen molar-refractivity contribution in [3.63, 3.8) is 0 Å². The van der Waals surface area contributed by atoms with Crippen molar-refractivity contribution in [1.82, 2.24) is 0 Å². The summed E-state index contributed by atoms with van der Waals surface area (Å²) >= 11 is 3.49. The maximum Gasteiger partial charge on any atom is 0.133 e. The van der Waals surface area contributed by atoms with Crippen molar-refractivity contribution in [2.24, 2.45) is 5.73 Å². The van der Waals surface area contributed by atoms with Gasteiger partial charge in [-0.2, -0.15) is 0 Å². The first kappa shape index (κ1) is 11.5. The highest BCUT2D eigenvalue weighted by molar-refractivity contribution is 9.10. The first-order valence-electron chi connectivity index (χ1n) is 4.72. The lowest BCUT2D eigenvalue weighted by Gasteiger charge is -2.09. The maximum absolute atomic E-state index is 5.47. The van der Waals surface area contributed by atoms with Gasteiger partial charge in [0.25, 0.3) is 0 Å². The Kier molecular flexibility index (Phi) is 4.42. The molecule has 0 aliphatic carbocycles. The van der Waals surface area contributed by atoms with E-state index in [4.69, 9.17) is 10.5 Å². The Bertz CT molecular complexity index is 312. The van der Waals surface area contributed by atoms with Gasteiger partial charge in [-0.25, -0.2) is 0 Å². The van der Waals surface area contributed by atoms with Crippen molar-refractivity contribution in [1.29, 1.82) is 0 Å². The molecule has 2 nitrogen and oxygen atoms in total. The van der Waals surface area contributed by atoms with E-state index < -0.39 is 0 Å². The third-order valence-electron chi connectivity index (χ3n) is 2.17. The number of hydrogen-bond acceptors (Lipinski definition) is 2. The van der Waals surface area contributed by atoms with Crippen LogP contribution in [-0.2, 0) is 6.42 Å². The highest BCUT2D eigenvalue weighted by Crippen LogP contribution is 2.29. The van der Waals surface area contributed by atoms with E-state index in [2.05, 4.69) is 35.0 Å². The molecule has 0 radical (unpaired) electrons. The summed E-state index contributed by atoms with van der Waals surface area (Å²) in [6.45, 7) is 2.80. The number of methoxy groups -OCH3 is 1. The molecule has 0 aromatic heterocycles. The molecule has 0 fully saturated rings. The summed E-state index contributed by atoms with van der Waals surface area (Å²) in [5.41, 5.74) is 7.96. The molecule has 78 valence electrons. The molecular formula is C11H16BrNO. The van der Waals surface area contributed by atoms with E-state index in [0.717, 1.165) is 29.6 Å². The molecule has 1 aromatic rings. The van der Waals surface area contributed by atoms with Crippen LogP contribution in [0.25, 0.3) is 0 Å². The molecule has 0 spiro atoms. The molecule has 1 aromatic carbocycles. The van der Waals surface area contributed by atoms with Gasteiger partial charge in [0.1, 0.15) is 5.75 Å². The number of benzene rings is 1. The molecule has 0 atom stereocenters. The van der Waals surface area contributed by atoms with Gasteiger partial charge in [0.15, 0.2) is 0 Å². The first-order valence-corrected chi connectivity index (χ1v) is 5.51. The number of ether oxygens (including phenoxy) is 1. The molecule has 0 unspecified atom stereocenters. The summed E-state index contributed by atoms with van der Waals surface area (Å²) in [7, 11) is 1.69. The molecular weight excluding hydrogens is 242 g/mol. The number of aryl methyl sites for hydroxylation is 2. The summed E-state index contributed by atoms with van der Waals surface area (Å²) < 4.78 is 6.31. The second-order valence-electron chi connectivity index (χ2n) is 3.32. The highest BCUT2D eigenvalue weighted by atomic mass is 79.9. The zero-order valence-corrected chi connectivity index (χ0v) is 10.2. The Morgan fingerprint density at radius 2 is 2.14 bits per heavy atom. The summed E-state index contributed by atoms with van der Waals surface area (Å²) in [5.74, 6) is 0.900. The van der Waals surface area contributed by atoms with Gasteiger partial charge in [0.2, 0.25) is 0 Å². The molecule has 2 N–H and O–H groups in total. The maximum atomic E-state index is 5.47. The largest absolute Gasteiger partial charge is 0.496 e. The quantitative estimate of drug-likeness (QED) is 0.901. The fraction of sp³-hybridized carbons (Fsp3) is 0.455. The van der Waals surface area contributed by atoms with Crippen LogP contribution in [0.1, 0.15) is 17.5 Å². The van der Waals surface area contributed by atoms with Gasteiger partial charge >= 0.3 is 0 Å². The Morgan fingerprint density at radius 3 is 2.71 bits per heavy atom. The molecule has 1 rings (SSSR count). The average Bonchev–Trinajstić information content (AvgIpc) is 2.19. The number of halogens is 1. The van der Waals surface area contributed by atoms with E-state index in [1.54, 1.807) is 7.11 Å². The minimum atomic E-state index is 0.734. The smallest absolute Gasteiger partial charge is 0.133 e. The van der Waals surface area contributed by atoms with Crippen molar-refractivity contribution < 1.29 is 4.74 Å². The molecule has 0 aliphatic rings. The molecule has 0 saturated heterocycles. The number of rotatable bonds is 4. The van der Waals surface area contributed by atoms with Gasteiger partial charge in [-0.1, -0.05) is 6.07 Å². The molecule has 0 aliphatic heterocycles. The van der Waals surface area contributed by atoms with Crippen LogP contribution < -0.4 is 10.5 Å². The molecule has 3 heteroatoms. The standard InChI is InChI=1S/C11H16BrNO/c1-8-6-9(4-3-5-13)7-10(14-2)11(8)12/h6-7H,3-5,13H2,1-2H3. The van der Waals surface area contributed by atoms with Gasteiger partial charge in [0.05, 0.1) is 11.6 Å². The van der Waals surface area contributed by atoms with Gasteiger partial charge in [-0.05, 0) is 59.4 Å². The fourth-order valence-corrected chi connectivity index (χ4v) is 1.80. The van der Waals surface area contributed by atoms with Crippen LogP contribution >= 0.6 is 15.9 Å². The van der Waals surface area contributed by atoms with Crippen LogP contribution in [0.4, 0.5) is 0 Å². The van der Waals surface area contributed by atoms with Crippen LogP contribution in [0.5, 0.6) is 5.75 Å². The average molecular weight is 258 g/mol. The lowest BCUT2D eigenvalue weighted by Crippen LogP contribution is -2.01. The molecule has 0 bridgehead atoms. The fourth-order valence-electron chi connectivity index (χ4n) is 1.41. The molecule has 0 amide bonds. The SMILES string of the molecule is COc1cc(CCCN)cc(C)c1Br. The van der Waals surface area contributed by atoms with Gasteiger partial charge in [-0.15, -0.1) is 0 Å². The lowest BCUT2D eigenvalue weighted by atomic mass is 10.1. The van der Waals surface area contributed by atoms with Crippen molar-refractivity contribution in [3.05, 3.63) is 27.7 Å². The van der Waals surface area contributed by atoms with Crippen LogP contribution in [-0.4, -0.2) is 13.7 Å². The summed E-state index contributed by atoms with van der Waals surface area (Å²) in [6.07, 6.45) is 2.03. The zero-order chi connectivity index (χ0) is 10.6. The second-order valence-corrected chi connectivity index (χ2v) is 4.11. The summed E-state index contributed by atoms with van der Waals surface area (Å²) in [4.78, 5) is 0. The normalized spacial score (nSPS) is 10.3. The Hall–Kier alpha value is -0.540. The predicted octanol–water partition coefficient (Wildman–Crippen LogP) is 2.66. The van der Waals surface area contributed by atoms with Crippen LogP contribution in [0, 0.1) is 6.92 Å². The Labute approximate surface area is 93.6 Å². The van der Waals surface area contributed by atoms with Gasteiger partial charge < -0.3 is 10.5 Å². The van der Waals surface area contributed by atoms with Crippen molar-refractivity contribution in [2.45, 2.75) is 19.8 Å². The van der Waals surface area contributed by atoms with E-state index in [1.807, 2.05) is 0 Å². The van der Waals surface area contributed by atoms with E-state index >= 15 is 0 Å². The first-order chi connectivity index (χ1) is 6.69. The van der Waals surface area contributed by atoms with Crippen molar-refractivity contribution in [2.75, 3.05) is 13.7 Å². The van der Waals surface area contributed by atoms with Gasteiger partial charge in [-0.3, -0.25) is 0 Å². The van der Waals surface area contributed by atoms with E-state index in [-0.39, 0.29) is 0 Å². The monoisotopic (exact) mass is 257 g/mol. The minimum absolute atomic E-state index is 0.734. The van der Waals surface area contributed by atoms with E-state index in [1.165, 1.54) is 11.1 Å². The van der Waals surface area contributed by atoms with Crippen LogP contribution in [0.2, 0.25) is 0 Å². The Balaban J connectivity index is 2.91. The third kappa shape index (κ3) is 2.72. The predicted molar refractivity (Wildman–Crippen MR) is 62.8 cm³/mol. The van der Waals surface area contributed by atoms with Crippen LogP contribution in [0.3, 0.4) is 0 Å². The third-order valence-corrected chi connectivity index (χ3v) is 3.19. The topological polar surface area (TPSA) is 35.2 Å². The number of hydrogen-bond donors (Lipinski definition) is 1. The van der Waals surface area contributed by atoms with Crippen LogP contribution in [0.15, 0.2) is 16.6 Å².